The summed E-state index contributed by atoms with van der Waals surface area (Å²) in [4.78, 5) is 80.3. The number of hydrogen-bond acceptors (Lipinski definition) is 14. The number of hydrogen-bond donors (Lipinski definition) is 1. The molecule has 0 aromatic heterocycles. The van der Waals surface area contributed by atoms with Gasteiger partial charge in [0.15, 0.2) is 18.3 Å². The van der Waals surface area contributed by atoms with Gasteiger partial charge in [-0.05, 0) is 55.1 Å². The molecule has 4 rings (SSSR count). The summed E-state index contributed by atoms with van der Waals surface area (Å²) in [6.07, 6.45) is -8.94. The third kappa shape index (κ3) is 8.65. The molecule has 14 nitrogen and oxygen atoms in total. The lowest BCUT2D eigenvalue weighted by atomic mass is 9.48. The number of benzene rings is 1. The lowest BCUT2D eigenvalue weighted by molar-refractivity contribution is -0.231. The van der Waals surface area contributed by atoms with Crippen molar-refractivity contribution >= 4 is 35.8 Å². The third-order valence-electron chi connectivity index (χ3n) is 11.5. The van der Waals surface area contributed by atoms with E-state index < -0.39 is 107 Å². The Kier molecular flexibility index (Phi) is 13.1. The van der Waals surface area contributed by atoms with E-state index in [9.17, 15) is 33.9 Å². The second-order valence-electron chi connectivity index (χ2n) is 15.8. The number of nitrogens with zero attached hydrogens (tertiary/aromatic N) is 1. The smallest absolute Gasteiger partial charge is 0.337 e. The van der Waals surface area contributed by atoms with E-state index in [1.54, 1.807) is 57.1 Å². The van der Waals surface area contributed by atoms with E-state index in [4.69, 9.17) is 28.4 Å². The highest BCUT2D eigenvalue weighted by atomic mass is 16.6. The SMILES string of the molecule is C=C1C(OC(=O)C(O)C(c2ccccc2)N(C)C)C[C@H](OC(C)=O)[C@]2(C)C1C(OC(C)=O)[C@@H]1CC(OC(C)=O)C(C)=C([C@@H](OC(C)=O)C2OC(C)=O)C1(C)C. The molecular weight excluding hydrogens is 714 g/mol. The van der Waals surface area contributed by atoms with E-state index in [-0.39, 0.29) is 18.4 Å². The molecule has 55 heavy (non-hydrogen) atoms. The van der Waals surface area contributed by atoms with Gasteiger partial charge in [-0.15, -0.1) is 0 Å². The molecule has 3 aliphatic carbocycles. The Morgan fingerprint density at radius 1 is 0.764 bits per heavy atom. The molecule has 0 saturated heterocycles. The van der Waals surface area contributed by atoms with Crippen LogP contribution in [0.4, 0.5) is 0 Å². The molecule has 2 fully saturated rings. The van der Waals surface area contributed by atoms with Gasteiger partial charge in [0.25, 0.3) is 0 Å². The van der Waals surface area contributed by atoms with E-state index in [1.807, 2.05) is 19.9 Å². The fraction of sp³-hybridized carbons (Fsp3) is 0.610. The standard InChI is InChI=1S/C41H55NO13/c1-20-29(50-22(3)43)18-28-36(52-24(5)45)33-21(2)30(55-39(49)35(48)34(42(11)12)27-16-14-13-15-17-27)19-31(51-23(4)44)41(33,10)38(54-26(7)47)37(53-25(6)46)32(20)40(28,8)9/h13-17,28-31,33-38,48H,2,18-19H2,1,3-12H3/t28-,29?,30?,31-,33?,34?,35?,36?,37+,38?,41+/m0/s1. The van der Waals surface area contributed by atoms with Crippen LogP contribution in [0.1, 0.15) is 86.8 Å². The first-order chi connectivity index (χ1) is 25.5. The van der Waals surface area contributed by atoms with Crippen molar-refractivity contribution in [2.24, 2.45) is 22.7 Å². The molecule has 0 aliphatic heterocycles. The van der Waals surface area contributed by atoms with Crippen molar-refractivity contribution in [1.29, 1.82) is 0 Å². The van der Waals surface area contributed by atoms with E-state index in [0.29, 0.717) is 16.7 Å². The van der Waals surface area contributed by atoms with Gasteiger partial charge in [-0.25, -0.2) is 4.79 Å². The van der Waals surface area contributed by atoms with Gasteiger partial charge >= 0.3 is 35.8 Å². The summed E-state index contributed by atoms with van der Waals surface area (Å²) in [7, 11) is 3.42. The third-order valence-corrected chi connectivity index (χ3v) is 11.5. The van der Waals surface area contributed by atoms with Crippen LogP contribution in [-0.4, -0.2) is 103 Å². The Morgan fingerprint density at radius 3 is 1.82 bits per heavy atom. The molecule has 2 bridgehead atoms. The average molecular weight is 770 g/mol. The topological polar surface area (TPSA) is 181 Å². The molecule has 7 unspecified atom stereocenters. The second kappa shape index (κ2) is 16.7. The van der Waals surface area contributed by atoms with Crippen LogP contribution in [0.5, 0.6) is 0 Å². The number of esters is 6. The summed E-state index contributed by atoms with van der Waals surface area (Å²) < 4.78 is 36.4. The Bertz CT molecular complexity index is 1720. The van der Waals surface area contributed by atoms with Gasteiger partial charge in [-0.3, -0.25) is 28.9 Å². The number of carbonyl (C=O) groups excluding carboxylic acids is 6. The molecule has 0 radical (unpaired) electrons. The number of aliphatic hydroxyl groups excluding tert-OH is 1. The van der Waals surface area contributed by atoms with Crippen molar-refractivity contribution in [3.63, 3.8) is 0 Å². The van der Waals surface area contributed by atoms with E-state index in [0.717, 1.165) is 0 Å². The van der Waals surface area contributed by atoms with Crippen LogP contribution in [0.25, 0.3) is 0 Å². The molecule has 302 valence electrons. The molecule has 0 heterocycles. The molecule has 1 aromatic carbocycles. The van der Waals surface area contributed by atoms with Gasteiger partial charge in [-0.2, -0.15) is 0 Å². The summed E-state index contributed by atoms with van der Waals surface area (Å²) in [6.45, 7) is 17.6. The minimum absolute atomic E-state index is 0.147. The Labute approximate surface area is 322 Å². The predicted octanol–water partition coefficient (Wildman–Crippen LogP) is 4.18. The Balaban J connectivity index is 2.01. The summed E-state index contributed by atoms with van der Waals surface area (Å²) >= 11 is 0. The fourth-order valence-corrected chi connectivity index (χ4v) is 9.35. The molecule has 1 N–H and O–H groups in total. The maximum absolute atomic E-state index is 14.0. The quantitative estimate of drug-likeness (QED) is 0.203. The Morgan fingerprint density at radius 2 is 1.31 bits per heavy atom. The lowest BCUT2D eigenvalue weighted by Gasteiger charge is -2.61. The molecule has 3 aliphatic rings. The average Bonchev–Trinajstić information content (AvgIpc) is 3.05. The molecular formula is C41H55NO13. The second-order valence-corrected chi connectivity index (χ2v) is 15.8. The number of likely N-dealkylation sites (N-methyl/N-ethyl adjacent to an activating group) is 1. The van der Waals surface area contributed by atoms with Gasteiger partial charge in [0.2, 0.25) is 0 Å². The van der Waals surface area contributed by atoms with Crippen molar-refractivity contribution in [2.45, 2.75) is 124 Å². The predicted molar refractivity (Wildman–Crippen MR) is 196 cm³/mol. The van der Waals surface area contributed by atoms with Gasteiger partial charge in [0.05, 0.1) is 11.5 Å². The Hall–Kier alpha value is -4.56. The minimum atomic E-state index is -1.67. The highest BCUT2D eigenvalue weighted by Crippen LogP contribution is 2.62. The van der Waals surface area contributed by atoms with Crippen molar-refractivity contribution < 1.29 is 62.3 Å². The lowest BCUT2D eigenvalue weighted by Crippen LogP contribution is -2.68. The normalized spacial score (nSPS) is 31.0. The van der Waals surface area contributed by atoms with Crippen LogP contribution >= 0.6 is 0 Å². The van der Waals surface area contributed by atoms with Gasteiger partial charge in [-0.1, -0.05) is 57.7 Å². The van der Waals surface area contributed by atoms with Crippen LogP contribution in [0, 0.1) is 22.7 Å². The zero-order chi connectivity index (χ0) is 41.3. The monoisotopic (exact) mass is 769 g/mol. The zero-order valence-electron chi connectivity index (χ0n) is 33.6. The van der Waals surface area contributed by atoms with Gasteiger partial charge < -0.3 is 33.5 Å². The number of rotatable bonds is 10. The van der Waals surface area contributed by atoms with Crippen molar-refractivity contribution in [2.75, 3.05) is 14.1 Å². The van der Waals surface area contributed by atoms with E-state index >= 15 is 0 Å². The first-order valence-corrected chi connectivity index (χ1v) is 18.4. The number of carbonyl (C=O) groups is 6. The molecule has 11 atom stereocenters. The largest absolute Gasteiger partial charge is 0.462 e. The molecule has 2 saturated carbocycles. The van der Waals surface area contributed by atoms with Crippen LogP contribution < -0.4 is 0 Å². The molecule has 14 heteroatoms. The maximum atomic E-state index is 14.0. The summed E-state index contributed by atoms with van der Waals surface area (Å²) in [5.41, 5.74) is -0.661. The van der Waals surface area contributed by atoms with Gasteiger partial charge in [0.1, 0.15) is 24.4 Å². The summed E-state index contributed by atoms with van der Waals surface area (Å²) in [5, 5.41) is 11.5. The highest BCUT2D eigenvalue weighted by Gasteiger charge is 2.68. The van der Waals surface area contributed by atoms with Crippen molar-refractivity contribution in [3.05, 3.63) is 59.2 Å². The van der Waals surface area contributed by atoms with E-state index in [1.165, 1.54) is 34.6 Å². The fourth-order valence-electron chi connectivity index (χ4n) is 9.35. The molecule has 1 aromatic rings. The molecule has 0 amide bonds. The van der Waals surface area contributed by atoms with Crippen LogP contribution in [-0.2, 0) is 57.2 Å². The van der Waals surface area contributed by atoms with E-state index in [2.05, 4.69) is 6.58 Å². The van der Waals surface area contributed by atoms with Crippen LogP contribution in [0.3, 0.4) is 0 Å². The summed E-state index contributed by atoms with van der Waals surface area (Å²) in [6, 6.07) is 8.12. The van der Waals surface area contributed by atoms with Crippen LogP contribution in [0.15, 0.2) is 53.6 Å². The highest BCUT2D eigenvalue weighted by molar-refractivity contribution is 5.76. The number of ether oxygens (including phenoxy) is 6. The van der Waals surface area contributed by atoms with Gasteiger partial charge in [0, 0.05) is 52.9 Å². The molecule has 0 spiro atoms. The first-order valence-electron chi connectivity index (χ1n) is 18.4. The number of fused-ring (bicyclic) bond motifs is 3. The van der Waals surface area contributed by atoms with Crippen molar-refractivity contribution in [1.82, 2.24) is 4.90 Å². The maximum Gasteiger partial charge on any atom is 0.337 e. The minimum Gasteiger partial charge on any atom is -0.462 e. The number of aliphatic hydroxyl groups is 1. The first kappa shape index (κ1) is 43.2. The van der Waals surface area contributed by atoms with Crippen molar-refractivity contribution in [3.8, 4) is 0 Å². The summed E-state index contributed by atoms with van der Waals surface area (Å²) in [5.74, 6) is -6.24. The zero-order valence-corrected chi connectivity index (χ0v) is 33.6. The van der Waals surface area contributed by atoms with Crippen LogP contribution in [0.2, 0.25) is 0 Å².